The summed E-state index contributed by atoms with van der Waals surface area (Å²) < 4.78 is 5.23. The lowest BCUT2D eigenvalue weighted by Gasteiger charge is -2.09. The Bertz CT molecular complexity index is 430. The van der Waals surface area contributed by atoms with Crippen LogP contribution in [0.5, 0.6) is 5.75 Å². The molecular weight excluding hydrogens is 200 g/mol. The second-order valence-electron chi connectivity index (χ2n) is 3.77. The first kappa shape index (κ1) is 12.2. The van der Waals surface area contributed by atoms with Gasteiger partial charge in [0.2, 0.25) is 0 Å². The van der Waals surface area contributed by atoms with Crippen molar-refractivity contribution in [1.29, 1.82) is 0 Å². The summed E-state index contributed by atoms with van der Waals surface area (Å²) in [6, 6.07) is 5.70. The first-order valence-corrected chi connectivity index (χ1v) is 5.12. The SMILES string of the molecule is C=CCc1cc(C)ccc1OC(=O)C(=C)C. The monoisotopic (exact) mass is 216 g/mol. The molecule has 0 N–H and O–H groups in total. The van der Waals surface area contributed by atoms with Crippen molar-refractivity contribution < 1.29 is 9.53 Å². The molecule has 1 aromatic carbocycles. The van der Waals surface area contributed by atoms with Gasteiger partial charge in [0.1, 0.15) is 5.75 Å². The van der Waals surface area contributed by atoms with E-state index in [0.717, 1.165) is 11.1 Å². The zero-order valence-electron chi connectivity index (χ0n) is 9.75. The van der Waals surface area contributed by atoms with Crippen LogP contribution < -0.4 is 4.74 Å². The van der Waals surface area contributed by atoms with Crippen LogP contribution in [0, 0.1) is 6.92 Å². The van der Waals surface area contributed by atoms with Gasteiger partial charge in [-0.05, 0) is 31.9 Å². The van der Waals surface area contributed by atoms with Crippen LogP contribution in [0.2, 0.25) is 0 Å². The van der Waals surface area contributed by atoms with Crippen molar-refractivity contribution in [3.05, 3.63) is 54.1 Å². The first-order chi connectivity index (χ1) is 7.54. The molecule has 16 heavy (non-hydrogen) atoms. The molecule has 1 rings (SSSR count). The van der Waals surface area contributed by atoms with Crippen molar-refractivity contribution in [2.45, 2.75) is 20.3 Å². The van der Waals surface area contributed by atoms with Crippen LogP contribution in [-0.4, -0.2) is 5.97 Å². The lowest BCUT2D eigenvalue weighted by Crippen LogP contribution is -2.09. The maximum atomic E-state index is 11.4. The highest BCUT2D eigenvalue weighted by molar-refractivity contribution is 5.88. The molecular formula is C14H16O2. The van der Waals surface area contributed by atoms with Gasteiger partial charge >= 0.3 is 5.97 Å². The Labute approximate surface area is 96.2 Å². The molecule has 0 aliphatic heterocycles. The van der Waals surface area contributed by atoms with Crippen molar-refractivity contribution in [1.82, 2.24) is 0 Å². The van der Waals surface area contributed by atoms with E-state index in [0.29, 0.717) is 17.7 Å². The van der Waals surface area contributed by atoms with Crippen molar-refractivity contribution >= 4 is 5.97 Å². The van der Waals surface area contributed by atoms with Crippen LogP contribution in [0.3, 0.4) is 0 Å². The summed E-state index contributed by atoms with van der Waals surface area (Å²) in [5.74, 6) is 0.188. The van der Waals surface area contributed by atoms with E-state index >= 15 is 0 Å². The number of aryl methyl sites for hydroxylation is 1. The molecule has 2 heteroatoms. The number of carbonyl (C=O) groups is 1. The molecule has 0 atom stereocenters. The van der Waals surface area contributed by atoms with E-state index in [2.05, 4.69) is 13.2 Å². The minimum Gasteiger partial charge on any atom is -0.423 e. The van der Waals surface area contributed by atoms with Crippen LogP contribution in [0.15, 0.2) is 43.0 Å². The van der Waals surface area contributed by atoms with Gasteiger partial charge < -0.3 is 4.74 Å². The summed E-state index contributed by atoms with van der Waals surface area (Å²) in [4.78, 5) is 11.4. The summed E-state index contributed by atoms with van der Waals surface area (Å²) in [5.41, 5.74) is 2.49. The summed E-state index contributed by atoms with van der Waals surface area (Å²) in [7, 11) is 0. The normalized spacial score (nSPS) is 9.62. The van der Waals surface area contributed by atoms with E-state index in [1.165, 1.54) is 0 Å². The standard InChI is InChI=1S/C14H16O2/c1-5-6-12-9-11(4)7-8-13(12)16-14(15)10(2)3/h5,7-9H,1-2,6H2,3-4H3. The summed E-state index contributed by atoms with van der Waals surface area (Å²) >= 11 is 0. The molecule has 0 unspecified atom stereocenters. The number of esters is 1. The van der Waals surface area contributed by atoms with Crippen LogP contribution in [0.25, 0.3) is 0 Å². The van der Waals surface area contributed by atoms with Crippen LogP contribution in [0.4, 0.5) is 0 Å². The van der Waals surface area contributed by atoms with Crippen LogP contribution in [0.1, 0.15) is 18.1 Å². The van der Waals surface area contributed by atoms with Gasteiger partial charge in [-0.3, -0.25) is 0 Å². The molecule has 2 nitrogen and oxygen atoms in total. The Morgan fingerprint density at radius 1 is 1.50 bits per heavy atom. The van der Waals surface area contributed by atoms with Gasteiger partial charge in [0.25, 0.3) is 0 Å². The third-order valence-corrected chi connectivity index (χ3v) is 2.13. The molecule has 0 amide bonds. The van der Waals surface area contributed by atoms with E-state index in [4.69, 9.17) is 4.74 Å². The highest BCUT2D eigenvalue weighted by Gasteiger charge is 2.09. The largest absolute Gasteiger partial charge is 0.423 e. The van der Waals surface area contributed by atoms with Gasteiger partial charge in [-0.25, -0.2) is 4.79 Å². The average Bonchev–Trinajstić information content (AvgIpc) is 2.22. The third-order valence-electron chi connectivity index (χ3n) is 2.13. The molecule has 0 saturated heterocycles. The highest BCUT2D eigenvalue weighted by atomic mass is 16.5. The number of allylic oxidation sites excluding steroid dienone is 1. The lowest BCUT2D eigenvalue weighted by atomic mass is 10.1. The summed E-state index contributed by atoms with van der Waals surface area (Å²) in [5, 5.41) is 0. The number of benzene rings is 1. The number of hydrogen-bond donors (Lipinski definition) is 0. The van der Waals surface area contributed by atoms with Crippen molar-refractivity contribution in [3.8, 4) is 5.75 Å². The van der Waals surface area contributed by atoms with E-state index in [-0.39, 0.29) is 0 Å². The summed E-state index contributed by atoms with van der Waals surface area (Å²) in [6.45, 7) is 10.9. The fourth-order valence-electron chi connectivity index (χ4n) is 1.31. The molecule has 0 radical (unpaired) electrons. The van der Waals surface area contributed by atoms with E-state index in [1.54, 1.807) is 19.1 Å². The van der Waals surface area contributed by atoms with Crippen molar-refractivity contribution in [2.24, 2.45) is 0 Å². The Morgan fingerprint density at radius 3 is 2.75 bits per heavy atom. The molecule has 0 aromatic heterocycles. The Kier molecular flexibility index (Phi) is 4.06. The van der Waals surface area contributed by atoms with Gasteiger partial charge in [-0.1, -0.05) is 30.4 Å². The number of carbonyl (C=O) groups excluding carboxylic acids is 1. The van der Waals surface area contributed by atoms with Gasteiger partial charge in [0.05, 0.1) is 0 Å². The molecule has 84 valence electrons. The number of ether oxygens (including phenoxy) is 1. The minimum atomic E-state index is -0.394. The van der Waals surface area contributed by atoms with Gasteiger partial charge in [0.15, 0.2) is 0 Å². The zero-order chi connectivity index (χ0) is 12.1. The Morgan fingerprint density at radius 2 is 2.19 bits per heavy atom. The molecule has 0 aliphatic carbocycles. The maximum absolute atomic E-state index is 11.4. The molecule has 0 heterocycles. The molecule has 0 spiro atoms. The molecule has 0 bridgehead atoms. The van der Waals surface area contributed by atoms with Crippen LogP contribution in [-0.2, 0) is 11.2 Å². The van der Waals surface area contributed by atoms with E-state index in [9.17, 15) is 4.79 Å². The Balaban J connectivity index is 2.98. The minimum absolute atomic E-state index is 0.394. The molecule has 0 aliphatic rings. The number of rotatable bonds is 4. The number of hydrogen-bond acceptors (Lipinski definition) is 2. The van der Waals surface area contributed by atoms with Crippen molar-refractivity contribution in [3.63, 3.8) is 0 Å². The fourth-order valence-corrected chi connectivity index (χ4v) is 1.31. The van der Waals surface area contributed by atoms with E-state index in [1.807, 2.05) is 19.1 Å². The summed E-state index contributed by atoms with van der Waals surface area (Å²) in [6.07, 6.45) is 2.47. The van der Waals surface area contributed by atoms with Crippen molar-refractivity contribution in [2.75, 3.05) is 0 Å². The topological polar surface area (TPSA) is 26.3 Å². The van der Waals surface area contributed by atoms with E-state index < -0.39 is 5.97 Å². The smallest absolute Gasteiger partial charge is 0.338 e. The lowest BCUT2D eigenvalue weighted by molar-refractivity contribution is -0.130. The second kappa shape index (κ2) is 5.31. The quantitative estimate of drug-likeness (QED) is 0.334. The molecule has 0 fully saturated rings. The highest BCUT2D eigenvalue weighted by Crippen LogP contribution is 2.21. The predicted molar refractivity (Wildman–Crippen MR) is 65.5 cm³/mol. The zero-order valence-corrected chi connectivity index (χ0v) is 9.75. The fraction of sp³-hybridized carbons (Fsp3) is 0.214. The Hall–Kier alpha value is -1.83. The predicted octanol–water partition coefficient (Wildman–Crippen LogP) is 3.21. The first-order valence-electron chi connectivity index (χ1n) is 5.12. The molecule has 0 saturated carbocycles. The molecule has 1 aromatic rings. The van der Waals surface area contributed by atoms with Crippen LogP contribution >= 0.6 is 0 Å². The van der Waals surface area contributed by atoms with Gasteiger partial charge in [-0.2, -0.15) is 0 Å². The van der Waals surface area contributed by atoms with Gasteiger partial charge in [-0.15, -0.1) is 6.58 Å². The maximum Gasteiger partial charge on any atom is 0.338 e. The van der Waals surface area contributed by atoms with Gasteiger partial charge in [0, 0.05) is 5.57 Å². The third kappa shape index (κ3) is 3.09. The average molecular weight is 216 g/mol. The second-order valence-corrected chi connectivity index (χ2v) is 3.77.